The first-order valence-corrected chi connectivity index (χ1v) is 6.87. The van der Waals surface area contributed by atoms with Crippen LogP contribution < -0.4 is 0 Å². The molecule has 0 bridgehead atoms. The molecule has 1 aliphatic heterocycles. The van der Waals surface area contributed by atoms with E-state index in [0.29, 0.717) is 5.92 Å². The lowest BCUT2D eigenvalue weighted by Gasteiger charge is -2.29. The molecule has 0 atom stereocenters. The molecule has 110 valence electrons. The second kappa shape index (κ2) is 4.62. The van der Waals surface area contributed by atoms with Gasteiger partial charge in [0, 0.05) is 13.8 Å². The van der Waals surface area contributed by atoms with Gasteiger partial charge in [0.1, 0.15) is 11.3 Å². The molecule has 2 aliphatic rings. The van der Waals surface area contributed by atoms with Crippen molar-refractivity contribution in [2.45, 2.75) is 38.4 Å². The zero-order valence-corrected chi connectivity index (χ0v) is 11.9. The molecule has 3 rings (SSSR count). The molecule has 0 spiro atoms. The highest BCUT2D eigenvalue weighted by atomic mass is 16.7. The SMILES string of the molecule is CC1(C)OC(=O)C(=Cc2ccc(O)cc2C2CC2)C(=O)O1. The van der Waals surface area contributed by atoms with Crippen LogP contribution in [0.25, 0.3) is 6.08 Å². The van der Waals surface area contributed by atoms with Gasteiger partial charge in [-0.1, -0.05) is 6.07 Å². The predicted octanol–water partition coefficient (Wildman–Crippen LogP) is 2.49. The number of rotatable bonds is 2. The highest BCUT2D eigenvalue weighted by molar-refractivity contribution is 6.19. The number of carbonyl (C=O) groups excluding carboxylic acids is 2. The molecular weight excluding hydrogens is 272 g/mol. The third kappa shape index (κ3) is 2.77. The summed E-state index contributed by atoms with van der Waals surface area (Å²) in [7, 11) is 0. The summed E-state index contributed by atoms with van der Waals surface area (Å²) in [6.45, 7) is 3.02. The van der Waals surface area contributed by atoms with Crippen LogP contribution in [0, 0.1) is 0 Å². The van der Waals surface area contributed by atoms with Crippen molar-refractivity contribution < 1.29 is 24.2 Å². The summed E-state index contributed by atoms with van der Waals surface area (Å²) in [4.78, 5) is 23.9. The Labute approximate surface area is 122 Å². The fourth-order valence-electron chi connectivity index (χ4n) is 2.38. The fraction of sp³-hybridized carbons (Fsp3) is 0.375. The summed E-state index contributed by atoms with van der Waals surface area (Å²) < 4.78 is 10.1. The average molecular weight is 288 g/mol. The van der Waals surface area contributed by atoms with E-state index < -0.39 is 17.7 Å². The lowest BCUT2D eigenvalue weighted by molar-refractivity contribution is -0.222. The van der Waals surface area contributed by atoms with Crippen molar-refractivity contribution in [2.24, 2.45) is 0 Å². The van der Waals surface area contributed by atoms with Gasteiger partial charge in [0.2, 0.25) is 0 Å². The van der Waals surface area contributed by atoms with Crippen LogP contribution in [0.1, 0.15) is 43.7 Å². The molecule has 1 saturated carbocycles. The highest BCUT2D eigenvalue weighted by Crippen LogP contribution is 2.43. The second-order valence-corrected chi connectivity index (χ2v) is 5.82. The van der Waals surface area contributed by atoms with Gasteiger partial charge in [-0.25, -0.2) is 9.59 Å². The second-order valence-electron chi connectivity index (χ2n) is 5.82. The zero-order chi connectivity index (χ0) is 15.2. The molecule has 0 unspecified atom stereocenters. The van der Waals surface area contributed by atoms with Gasteiger partial charge in [0.25, 0.3) is 5.79 Å². The van der Waals surface area contributed by atoms with E-state index in [1.165, 1.54) is 26.0 Å². The minimum atomic E-state index is -1.24. The average Bonchev–Trinajstić information content (AvgIpc) is 3.18. The molecule has 1 N–H and O–H groups in total. The molecule has 1 aliphatic carbocycles. The number of phenols is 1. The third-order valence-corrected chi connectivity index (χ3v) is 3.50. The van der Waals surface area contributed by atoms with Crippen LogP contribution in [0.3, 0.4) is 0 Å². The van der Waals surface area contributed by atoms with Crippen LogP contribution in [-0.2, 0) is 19.1 Å². The normalized spacial score (nSPS) is 20.8. The lowest BCUT2D eigenvalue weighted by atomic mass is 10.00. The molecule has 0 radical (unpaired) electrons. The molecule has 5 heteroatoms. The number of hydrogen-bond donors (Lipinski definition) is 1. The molecule has 5 nitrogen and oxygen atoms in total. The maximum absolute atomic E-state index is 11.9. The van der Waals surface area contributed by atoms with Crippen molar-refractivity contribution in [1.82, 2.24) is 0 Å². The molecule has 1 aromatic rings. The first kappa shape index (κ1) is 13.7. The molecule has 21 heavy (non-hydrogen) atoms. The monoisotopic (exact) mass is 288 g/mol. The fourth-order valence-corrected chi connectivity index (χ4v) is 2.38. The zero-order valence-electron chi connectivity index (χ0n) is 11.9. The van der Waals surface area contributed by atoms with Crippen molar-refractivity contribution >= 4 is 18.0 Å². The molecule has 1 aromatic carbocycles. The van der Waals surface area contributed by atoms with Gasteiger partial charge in [0.05, 0.1) is 0 Å². The molecular formula is C16H16O5. The van der Waals surface area contributed by atoms with Crippen LogP contribution in [0.2, 0.25) is 0 Å². The summed E-state index contributed by atoms with van der Waals surface area (Å²) in [5.41, 5.74) is 1.55. The maximum atomic E-state index is 11.9. The van der Waals surface area contributed by atoms with Crippen LogP contribution in [0.4, 0.5) is 0 Å². The summed E-state index contributed by atoms with van der Waals surface area (Å²) in [5.74, 6) is -2.07. The first-order chi connectivity index (χ1) is 9.85. The lowest BCUT2D eigenvalue weighted by Crippen LogP contribution is -2.41. The summed E-state index contributed by atoms with van der Waals surface area (Å²) >= 11 is 0. The smallest absolute Gasteiger partial charge is 0.348 e. The quantitative estimate of drug-likeness (QED) is 0.514. The standard InChI is InChI=1S/C16H16O5/c1-16(2)20-14(18)13(15(19)21-16)7-10-5-6-11(17)8-12(10)9-3-4-9/h5-9,17H,3-4H2,1-2H3. The van der Waals surface area contributed by atoms with E-state index in [2.05, 4.69) is 0 Å². The predicted molar refractivity (Wildman–Crippen MR) is 74.3 cm³/mol. The van der Waals surface area contributed by atoms with Gasteiger partial charge in [-0.15, -0.1) is 0 Å². The van der Waals surface area contributed by atoms with Crippen LogP contribution in [0.15, 0.2) is 23.8 Å². The van der Waals surface area contributed by atoms with Gasteiger partial charge >= 0.3 is 11.9 Å². The van der Waals surface area contributed by atoms with Crippen LogP contribution in [-0.4, -0.2) is 22.8 Å². The Bertz CT molecular complexity index is 631. The molecule has 2 fully saturated rings. The minimum Gasteiger partial charge on any atom is -0.508 e. The number of cyclic esters (lactones) is 2. The van der Waals surface area contributed by atoms with E-state index in [4.69, 9.17) is 9.47 Å². The number of hydrogen-bond acceptors (Lipinski definition) is 5. The topological polar surface area (TPSA) is 72.8 Å². The Morgan fingerprint density at radius 2 is 1.81 bits per heavy atom. The largest absolute Gasteiger partial charge is 0.508 e. The van der Waals surface area contributed by atoms with Gasteiger partial charge < -0.3 is 14.6 Å². The Balaban J connectivity index is 1.98. The molecule has 1 heterocycles. The highest BCUT2D eigenvalue weighted by Gasteiger charge is 2.39. The van der Waals surface area contributed by atoms with Crippen molar-refractivity contribution in [2.75, 3.05) is 0 Å². The van der Waals surface area contributed by atoms with Crippen molar-refractivity contribution in [1.29, 1.82) is 0 Å². The summed E-state index contributed by atoms with van der Waals surface area (Å²) in [5, 5.41) is 9.59. The molecule has 0 amide bonds. The first-order valence-electron chi connectivity index (χ1n) is 6.87. The van der Waals surface area contributed by atoms with Crippen molar-refractivity contribution in [3.05, 3.63) is 34.9 Å². The van der Waals surface area contributed by atoms with Crippen LogP contribution >= 0.6 is 0 Å². The van der Waals surface area contributed by atoms with E-state index in [-0.39, 0.29) is 11.3 Å². The Hall–Kier alpha value is -2.30. The number of aromatic hydroxyl groups is 1. The van der Waals surface area contributed by atoms with Gasteiger partial charge in [-0.2, -0.15) is 0 Å². The van der Waals surface area contributed by atoms with E-state index in [9.17, 15) is 14.7 Å². The Morgan fingerprint density at radius 1 is 1.19 bits per heavy atom. The third-order valence-electron chi connectivity index (χ3n) is 3.50. The number of esters is 2. The maximum Gasteiger partial charge on any atom is 0.348 e. The van der Waals surface area contributed by atoms with Gasteiger partial charge in [0.15, 0.2) is 0 Å². The van der Waals surface area contributed by atoms with Crippen molar-refractivity contribution in [3.8, 4) is 5.75 Å². The van der Waals surface area contributed by atoms with E-state index in [1.807, 2.05) is 0 Å². The van der Waals surface area contributed by atoms with E-state index >= 15 is 0 Å². The summed E-state index contributed by atoms with van der Waals surface area (Å²) in [6.07, 6.45) is 3.57. The van der Waals surface area contributed by atoms with E-state index in [0.717, 1.165) is 24.0 Å². The number of phenolic OH excluding ortho intramolecular Hbond substituents is 1. The van der Waals surface area contributed by atoms with E-state index in [1.54, 1.807) is 12.1 Å². The van der Waals surface area contributed by atoms with Crippen molar-refractivity contribution in [3.63, 3.8) is 0 Å². The molecule has 0 aromatic heterocycles. The van der Waals surface area contributed by atoms with Gasteiger partial charge in [-0.3, -0.25) is 0 Å². The molecule has 1 saturated heterocycles. The number of ether oxygens (including phenoxy) is 2. The van der Waals surface area contributed by atoms with Gasteiger partial charge in [-0.05, 0) is 48.1 Å². The minimum absolute atomic E-state index is 0.123. The number of benzene rings is 1. The Kier molecular flexibility index (Phi) is 3.01. The summed E-state index contributed by atoms with van der Waals surface area (Å²) in [6, 6.07) is 4.89. The Morgan fingerprint density at radius 3 is 2.38 bits per heavy atom. The van der Waals surface area contributed by atoms with Crippen LogP contribution in [0.5, 0.6) is 5.75 Å². The number of carbonyl (C=O) groups is 2.